The SMILES string of the molecule is C=C1/C=C/c2c(OCC)nn(CCC)c2CN2CCCC2[C@@H](C)Oc2c(cnn2C)-c2cc1c(C)cc2F. The van der Waals surface area contributed by atoms with Crippen LogP contribution in [-0.2, 0) is 20.1 Å². The van der Waals surface area contributed by atoms with E-state index in [0.717, 1.165) is 66.9 Å². The smallest absolute Gasteiger partial charge is 0.240 e. The summed E-state index contributed by atoms with van der Waals surface area (Å²) in [5, 5.41) is 9.28. The van der Waals surface area contributed by atoms with Gasteiger partial charge in [0.2, 0.25) is 11.8 Å². The lowest BCUT2D eigenvalue weighted by molar-refractivity contribution is 0.0923. The summed E-state index contributed by atoms with van der Waals surface area (Å²) in [7, 11) is 1.84. The number of hydrogen-bond donors (Lipinski definition) is 0. The topological polar surface area (TPSA) is 57.3 Å². The van der Waals surface area contributed by atoms with Crippen molar-refractivity contribution in [2.45, 2.75) is 72.2 Å². The molecule has 2 aliphatic rings. The van der Waals surface area contributed by atoms with Crippen molar-refractivity contribution in [1.82, 2.24) is 24.5 Å². The fourth-order valence-electron chi connectivity index (χ4n) is 5.74. The molecule has 3 aromatic rings. The molecule has 1 unspecified atom stereocenters. The van der Waals surface area contributed by atoms with E-state index in [4.69, 9.17) is 14.6 Å². The lowest BCUT2D eigenvalue weighted by Crippen LogP contribution is -2.40. The highest BCUT2D eigenvalue weighted by Crippen LogP contribution is 2.37. The highest BCUT2D eigenvalue weighted by molar-refractivity contribution is 5.83. The number of nitrogens with zero attached hydrogens (tertiary/aromatic N) is 5. The molecule has 7 nitrogen and oxygen atoms in total. The van der Waals surface area contributed by atoms with Crippen LogP contribution in [-0.4, -0.2) is 49.8 Å². The molecule has 0 aliphatic carbocycles. The lowest BCUT2D eigenvalue weighted by Gasteiger charge is -2.30. The van der Waals surface area contributed by atoms with Crippen LogP contribution in [0, 0.1) is 12.7 Å². The molecule has 0 N–H and O–H groups in total. The second kappa shape index (κ2) is 10.8. The van der Waals surface area contributed by atoms with Gasteiger partial charge in [0.15, 0.2) is 0 Å². The highest BCUT2D eigenvalue weighted by Gasteiger charge is 2.34. The molecule has 8 heteroatoms. The Balaban J connectivity index is 1.70. The van der Waals surface area contributed by atoms with Gasteiger partial charge in [-0.15, -0.1) is 5.10 Å². The van der Waals surface area contributed by atoms with E-state index < -0.39 is 0 Å². The van der Waals surface area contributed by atoms with Crippen LogP contribution in [0.15, 0.2) is 31.0 Å². The molecule has 2 aromatic heterocycles. The number of benzene rings is 1. The van der Waals surface area contributed by atoms with Crippen molar-refractivity contribution in [2.75, 3.05) is 13.2 Å². The largest absolute Gasteiger partial charge is 0.476 e. The van der Waals surface area contributed by atoms with Crippen LogP contribution >= 0.6 is 0 Å². The molecular formula is C30H38FN5O2. The van der Waals surface area contributed by atoms with Crippen LogP contribution in [0.3, 0.4) is 0 Å². The van der Waals surface area contributed by atoms with E-state index in [2.05, 4.69) is 41.2 Å². The molecule has 38 heavy (non-hydrogen) atoms. The van der Waals surface area contributed by atoms with Crippen molar-refractivity contribution >= 4 is 11.6 Å². The van der Waals surface area contributed by atoms with Crippen molar-refractivity contribution in [3.8, 4) is 22.9 Å². The molecule has 202 valence electrons. The number of fused-ring (bicyclic) bond motifs is 6. The second-order valence-electron chi connectivity index (χ2n) is 10.3. The minimum Gasteiger partial charge on any atom is -0.476 e. The third-order valence-corrected chi connectivity index (χ3v) is 7.67. The predicted molar refractivity (Wildman–Crippen MR) is 149 cm³/mol. The summed E-state index contributed by atoms with van der Waals surface area (Å²) in [6, 6.07) is 3.63. The van der Waals surface area contributed by atoms with E-state index in [1.165, 1.54) is 0 Å². The lowest BCUT2D eigenvalue weighted by atomic mass is 9.95. The molecule has 0 amide bonds. The van der Waals surface area contributed by atoms with Gasteiger partial charge in [0.05, 0.1) is 29.6 Å². The van der Waals surface area contributed by atoms with Gasteiger partial charge in [-0.3, -0.25) is 9.58 Å². The number of allylic oxidation sites excluding steroid dienone is 2. The summed E-state index contributed by atoms with van der Waals surface area (Å²) < 4.78 is 31.7. The number of halogens is 1. The number of rotatable bonds is 4. The molecule has 4 heterocycles. The molecular weight excluding hydrogens is 481 g/mol. The van der Waals surface area contributed by atoms with Gasteiger partial charge in [0.1, 0.15) is 11.9 Å². The van der Waals surface area contributed by atoms with Gasteiger partial charge in [0.25, 0.3) is 0 Å². The summed E-state index contributed by atoms with van der Waals surface area (Å²) in [5.41, 5.74) is 5.69. The Labute approximate surface area is 224 Å². The molecule has 0 radical (unpaired) electrons. The average molecular weight is 520 g/mol. The molecule has 1 saturated heterocycles. The Morgan fingerprint density at radius 2 is 2.00 bits per heavy atom. The zero-order valence-electron chi connectivity index (χ0n) is 23.1. The van der Waals surface area contributed by atoms with E-state index in [1.807, 2.05) is 33.0 Å². The summed E-state index contributed by atoms with van der Waals surface area (Å²) in [5.74, 6) is 0.908. The zero-order valence-corrected chi connectivity index (χ0v) is 23.1. The van der Waals surface area contributed by atoms with Crippen LogP contribution in [0.25, 0.3) is 22.8 Å². The maximum Gasteiger partial charge on any atom is 0.240 e. The third kappa shape index (κ3) is 4.77. The third-order valence-electron chi connectivity index (χ3n) is 7.67. The van der Waals surface area contributed by atoms with E-state index in [-0.39, 0.29) is 18.0 Å². The van der Waals surface area contributed by atoms with Crippen molar-refractivity contribution in [3.05, 3.63) is 59.2 Å². The minimum absolute atomic E-state index is 0.118. The number of aryl methyl sites for hydroxylation is 3. The zero-order chi connectivity index (χ0) is 27.0. The molecule has 5 rings (SSSR count). The molecule has 1 aromatic carbocycles. The maximum absolute atomic E-state index is 15.4. The second-order valence-corrected chi connectivity index (χ2v) is 10.3. The van der Waals surface area contributed by atoms with Crippen molar-refractivity contribution < 1.29 is 13.9 Å². The predicted octanol–water partition coefficient (Wildman–Crippen LogP) is 6.01. The summed E-state index contributed by atoms with van der Waals surface area (Å²) >= 11 is 0. The molecule has 0 saturated carbocycles. The quantitative estimate of drug-likeness (QED) is 0.422. The van der Waals surface area contributed by atoms with E-state index >= 15 is 4.39 Å². The highest BCUT2D eigenvalue weighted by atomic mass is 19.1. The Bertz CT molecular complexity index is 1370. The molecule has 1 fully saturated rings. The van der Waals surface area contributed by atoms with Gasteiger partial charge in [-0.1, -0.05) is 19.6 Å². The molecule has 2 atom stereocenters. The van der Waals surface area contributed by atoms with Crippen LogP contribution in [0.2, 0.25) is 0 Å². The normalized spacial score (nSPS) is 20.6. The van der Waals surface area contributed by atoms with Crippen molar-refractivity contribution in [3.63, 3.8) is 0 Å². The fourth-order valence-corrected chi connectivity index (χ4v) is 5.74. The maximum atomic E-state index is 15.4. The van der Waals surface area contributed by atoms with E-state index in [0.29, 0.717) is 29.5 Å². The first kappa shape index (κ1) is 26.2. The van der Waals surface area contributed by atoms with E-state index in [1.54, 1.807) is 16.9 Å². The van der Waals surface area contributed by atoms with Gasteiger partial charge in [0, 0.05) is 31.7 Å². The van der Waals surface area contributed by atoms with Gasteiger partial charge in [-0.25, -0.2) is 9.07 Å². The molecule has 2 aliphatic heterocycles. The Morgan fingerprint density at radius 3 is 2.76 bits per heavy atom. The number of aromatic nitrogens is 4. The van der Waals surface area contributed by atoms with Gasteiger partial charge in [-0.05, 0) is 81.5 Å². The standard InChI is InChI=1S/C30H38FN5O2/c1-7-13-36-28-18-35-14-9-10-27(35)21(5)38-30-25(17-32-34(30)6)24-16-23(20(4)15-26(24)31)19(3)11-12-22(28)29(33-36)37-8-2/h11-12,15-17,21,27H,3,7-10,13-14,18H2,1-2,4-6H3/b12-11+/t21-,27?/m1/s1. The van der Waals surface area contributed by atoms with Crippen LogP contribution < -0.4 is 9.47 Å². The Hall–Kier alpha value is -3.39. The van der Waals surface area contributed by atoms with Crippen molar-refractivity contribution in [1.29, 1.82) is 0 Å². The van der Waals surface area contributed by atoms with Crippen LogP contribution in [0.4, 0.5) is 4.39 Å². The first-order chi connectivity index (χ1) is 18.3. The van der Waals surface area contributed by atoms with Gasteiger partial charge < -0.3 is 9.47 Å². The first-order valence-electron chi connectivity index (χ1n) is 13.6. The van der Waals surface area contributed by atoms with Crippen LogP contribution in [0.1, 0.15) is 62.4 Å². The first-order valence-corrected chi connectivity index (χ1v) is 13.6. The molecule has 0 spiro atoms. The Morgan fingerprint density at radius 1 is 1.18 bits per heavy atom. The average Bonchev–Trinajstić information content (AvgIpc) is 3.57. The van der Waals surface area contributed by atoms with Crippen molar-refractivity contribution in [2.24, 2.45) is 7.05 Å². The van der Waals surface area contributed by atoms with E-state index in [9.17, 15) is 0 Å². The fraction of sp³-hybridized carbons (Fsp3) is 0.467. The summed E-state index contributed by atoms with van der Waals surface area (Å²) in [4.78, 5) is 2.48. The number of hydrogen-bond acceptors (Lipinski definition) is 5. The van der Waals surface area contributed by atoms with Crippen LogP contribution in [0.5, 0.6) is 11.8 Å². The summed E-state index contributed by atoms with van der Waals surface area (Å²) in [6.45, 7) is 15.6. The monoisotopic (exact) mass is 519 g/mol. The molecule has 2 bridgehead atoms. The Kier molecular flexibility index (Phi) is 7.43. The van der Waals surface area contributed by atoms with Gasteiger partial charge >= 0.3 is 0 Å². The minimum atomic E-state index is -0.304. The van der Waals surface area contributed by atoms with Gasteiger partial charge in [-0.2, -0.15) is 5.10 Å². The summed E-state index contributed by atoms with van der Waals surface area (Å²) in [6.07, 6.45) is 8.71. The number of ether oxygens (including phenoxy) is 2.